The molecule has 0 unspecified atom stereocenters. The molecule has 0 fully saturated rings. The summed E-state index contributed by atoms with van der Waals surface area (Å²) in [6.45, 7) is 4.32. The van der Waals surface area contributed by atoms with Crippen LogP contribution in [0.3, 0.4) is 0 Å². The van der Waals surface area contributed by atoms with Crippen LogP contribution in [0.25, 0.3) is 0 Å². The summed E-state index contributed by atoms with van der Waals surface area (Å²) in [6.07, 6.45) is 0. The average molecular weight is 372 g/mol. The van der Waals surface area contributed by atoms with E-state index in [4.69, 9.17) is 0 Å². The Labute approximate surface area is 95.0 Å². The molecule has 0 bridgehead atoms. The number of halogens is 2. The van der Waals surface area contributed by atoms with Gasteiger partial charge in [-0.25, -0.2) is 0 Å². The highest BCUT2D eigenvalue weighted by molar-refractivity contribution is 14.1. The highest BCUT2D eigenvalue weighted by Gasteiger charge is 2.01. The van der Waals surface area contributed by atoms with Crippen molar-refractivity contribution in [3.05, 3.63) is 32.4 Å². The topological polar surface area (TPSA) is 0 Å². The molecule has 1 aromatic carbocycles. The standard InChI is InChI=1S/C9H10I2/c1-6-3-7(2)9(11)8(4-6)5-10/h3-4H,5H2,1-2H3. The number of benzene rings is 1. The second kappa shape index (κ2) is 4.07. The Morgan fingerprint density at radius 1 is 1.27 bits per heavy atom. The lowest BCUT2D eigenvalue weighted by atomic mass is 10.1. The summed E-state index contributed by atoms with van der Waals surface area (Å²) in [4.78, 5) is 0. The second-order valence-electron chi connectivity index (χ2n) is 2.69. The summed E-state index contributed by atoms with van der Waals surface area (Å²) >= 11 is 4.82. The lowest BCUT2D eigenvalue weighted by molar-refractivity contribution is 1.28. The minimum atomic E-state index is 1.11. The molecule has 60 valence electrons. The third-order valence-electron chi connectivity index (χ3n) is 1.62. The summed E-state index contributed by atoms with van der Waals surface area (Å²) in [5, 5.41) is 0. The first kappa shape index (κ1) is 9.77. The van der Waals surface area contributed by atoms with Crippen LogP contribution < -0.4 is 0 Å². The van der Waals surface area contributed by atoms with Gasteiger partial charge in [0.15, 0.2) is 0 Å². The van der Waals surface area contributed by atoms with Crippen LogP contribution in [0.5, 0.6) is 0 Å². The van der Waals surface area contributed by atoms with Crippen molar-refractivity contribution in [2.45, 2.75) is 18.3 Å². The van der Waals surface area contributed by atoms with Gasteiger partial charge in [-0.2, -0.15) is 0 Å². The molecule has 0 saturated heterocycles. The maximum absolute atomic E-state index is 2.42. The maximum Gasteiger partial charge on any atom is 0.0257 e. The van der Waals surface area contributed by atoms with Gasteiger partial charge in [0.25, 0.3) is 0 Å². The first-order valence-corrected chi connectivity index (χ1v) is 6.07. The molecule has 0 aliphatic heterocycles. The van der Waals surface area contributed by atoms with Crippen molar-refractivity contribution < 1.29 is 0 Å². The Hall–Kier alpha value is 0.680. The lowest BCUT2D eigenvalue weighted by Crippen LogP contribution is -1.89. The van der Waals surface area contributed by atoms with E-state index in [2.05, 4.69) is 71.2 Å². The van der Waals surface area contributed by atoms with Gasteiger partial charge < -0.3 is 0 Å². The molecule has 0 heterocycles. The van der Waals surface area contributed by atoms with Crippen LogP contribution in [-0.4, -0.2) is 0 Å². The molecule has 1 aromatic rings. The summed E-state index contributed by atoms with van der Waals surface area (Å²) in [5.74, 6) is 0. The summed E-state index contributed by atoms with van der Waals surface area (Å²) in [6, 6.07) is 4.50. The molecule has 0 nitrogen and oxygen atoms in total. The Bertz CT molecular complexity index is 267. The van der Waals surface area contributed by atoms with Gasteiger partial charge in [-0.15, -0.1) is 0 Å². The van der Waals surface area contributed by atoms with Crippen molar-refractivity contribution in [1.29, 1.82) is 0 Å². The molecule has 0 aliphatic rings. The fraction of sp³-hybridized carbons (Fsp3) is 0.333. The highest BCUT2D eigenvalue weighted by Crippen LogP contribution is 2.21. The van der Waals surface area contributed by atoms with E-state index >= 15 is 0 Å². The fourth-order valence-corrected chi connectivity index (χ4v) is 2.97. The van der Waals surface area contributed by atoms with Crippen molar-refractivity contribution in [3.63, 3.8) is 0 Å². The monoisotopic (exact) mass is 372 g/mol. The molecule has 0 saturated carbocycles. The van der Waals surface area contributed by atoms with Crippen molar-refractivity contribution in [2.24, 2.45) is 0 Å². The zero-order valence-corrected chi connectivity index (χ0v) is 10.9. The smallest absolute Gasteiger partial charge is 0.0257 e. The Kier molecular flexibility index (Phi) is 3.61. The molecular formula is C9H10I2. The molecular weight excluding hydrogens is 362 g/mol. The van der Waals surface area contributed by atoms with E-state index in [0.29, 0.717) is 0 Å². The number of hydrogen-bond acceptors (Lipinski definition) is 0. The largest absolute Gasteiger partial charge is 0.0811 e. The third-order valence-corrected chi connectivity index (χ3v) is 3.98. The van der Waals surface area contributed by atoms with E-state index in [1.807, 2.05) is 0 Å². The molecule has 2 heteroatoms. The number of aryl methyl sites for hydroxylation is 2. The van der Waals surface area contributed by atoms with Crippen molar-refractivity contribution >= 4 is 45.2 Å². The summed E-state index contributed by atoms with van der Waals surface area (Å²) in [5.41, 5.74) is 4.23. The van der Waals surface area contributed by atoms with Gasteiger partial charge in [0.1, 0.15) is 0 Å². The molecule has 0 radical (unpaired) electrons. The van der Waals surface area contributed by atoms with Gasteiger partial charge in [0.05, 0.1) is 0 Å². The quantitative estimate of drug-likeness (QED) is 0.519. The average Bonchev–Trinajstić information content (AvgIpc) is 1.96. The van der Waals surface area contributed by atoms with Gasteiger partial charge in [-0.1, -0.05) is 40.3 Å². The zero-order chi connectivity index (χ0) is 8.43. The fourth-order valence-electron chi connectivity index (χ4n) is 1.14. The molecule has 0 N–H and O–H groups in total. The first-order chi connectivity index (χ1) is 5.15. The number of rotatable bonds is 1. The predicted molar refractivity (Wildman–Crippen MR) is 66.4 cm³/mol. The maximum atomic E-state index is 2.42. The molecule has 0 amide bonds. The van der Waals surface area contributed by atoms with Crippen molar-refractivity contribution in [1.82, 2.24) is 0 Å². The van der Waals surface area contributed by atoms with Gasteiger partial charge in [-0.3, -0.25) is 0 Å². The summed E-state index contributed by atoms with van der Waals surface area (Å²) < 4.78 is 2.53. The Morgan fingerprint density at radius 3 is 2.45 bits per heavy atom. The first-order valence-electron chi connectivity index (χ1n) is 3.46. The second-order valence-corrected chi connectivity index (χ2v) is 4.53. The van der Waals surface area contributed by atoms with E-state index in [1.54, 1.807) is 0 Å². The van der Waals surface area contributed by atoms with Crippen molar-refractivity contribution in [2.75, 3.05) is 0 Å². The number of alkyl halides is 1. The van der Waals surface area contributed by atoms with Crippen LogP contribution in [-0.2, 0) is 4.43 Å². The normalized spacial score (nSPS) is 10.2. The zero-order valence-electron chi connectivity index (χ0n) is 6.62. The Balaban J connectivity index is 3.24. The van der Waals surface area contributed by atoms with Crippen LogP contribution in [0.15, 0.2) is 12.1 Å². The van der Waals surface area contributed by atoms with E-state index in [0.717, 1.165) is 4.43 Å². The van der Waals surface area contributed by atoms with E-state index in [9.17, 15) is 0 Å². The lowest BCUT2D eigenvalue weighted by Gasteiger charge is -2.05. The van der Waals surface area contributed by atoms with Crippen molar-refractivity contribution in [3.8, 4) is 0 Å². The van der Waals surface area contributed by atoms with Crippen LogP contribution in [0.2, 0.25) is 0 Å². The molecule has 0 atom stereocenters. The SMILES string of the molecule is Cc1cc(C)c(I)c(CI)c1. The Morgan fingerprint density at radius 2 is 1.91 bits per heavy atom. The predicted octanol–water partition coefficient (Wildman–Crippen LogP) is 3.84. The van der Waals surface area contributed by atoms with Gasteiger partial charge >= 0.3 is 0 Å². The summed E-state index contributed by atoms with van der Waals surface area (Å²) in [7, 11) is 0. The molecule has 0 aromatic heterocycles. The van der Waals surface area contributed by atoms with Gasteiger partial charge in [0.2, 0.25) is 0 Å². The van der Waals surface area contributed by atoms with Gasteiger partial charge in [0, 0.05) is 8.00 Å². The minimum absolute atomic E-state index is 1.11. The van der Waals surface area contributed by atoms with Crippen LogP contribution in [0, 0.1) is 17.4 Å². The molecule has 1 rings (SSSR count). The van der Waals surface area contributed by atoms with E-state index in [-0.39, 0.29) is 0 Å². The minimum Gasteiger partial charge on any atom is -0.0811 e. The third kappa shape index (κ3) is 2.31. The van der Waals surface area contributed by atoms with Crippen LogP contribution in [0.1, 0.15) is 16.7 Å². The number of hydrogen-bond donors (Lipinski definition) is 0. The van der Waals surface area contributed by atoms with Crippen LogP contribution >= 0.6 is 45.2 Å². The van der Waals surface area contributed by atoms with E-state index < -0.39 is 0 Å². The molecule has 11 heavy (non-hydrogen) atoms. The van der Waals surface area contributed by atoms with Crippen LogP contribution in [0.4, 0.5) is 0 Å². The van der Waals surface area contributed by atoms with E-state index in [1.165, 1.54) is 20.3 Å². The van der Waals surface area contributed by atoms with Gasteiger partial charge in [-0.05, 0) is 47.6 Å². The molecule has 0 spiro atoms. The highest BCUT2D eigenvalue weighted by atomic mass is 127. The molecule has 0 aliphatic carbocycles.